The minimum atomic E-state index is -0.992. The highest BCUT2D eigenvalue weighted by Gasteiger charge is 2.63. The monoisotopic (exact) mass is 422 g/mol. The largest absolute Gasteiger partial charge is 0.457 e. The summed E-state index contributed by atoms with van der Waals surface area (Å²) in [6.45, 7) is 4.07. The number of benzene rings is 2. The fourth-order valence-electron chi connectivity index (χ4n) is 3.96. The van der Waals surface area contributed by atoms with Gasteiger partial charge in [-0.05, 0) is 37.1 Å². The molecule has 0 saturated carbocycles. The number of amides is 1. The highest BCUT2D eigenvalue weighted by molar-refractivity contribution is 8.01. The van der Waals surface area contributed by atoms with Crippen LogP contribution in [0.3, 0.4) is 0 Å². The fraction of sp³-hybridized carbons (Fsp3) is 0.348. The molecule has 1 amide bonds. The van der Waals surface area contributed by atoms with Gasteiger partial charge in [0.1, 0.15) is 12.6 Å². The molecular weight excluding hydrogens is 400 g/mol. The Morgan fingerprint density at radius 2 is 1.90 bits per heavy atom. The number of nitriles is 1. The first-order valence-electron chi connectivity index (χ1n) is 9.72. The van der Waals surface area contributed by atoms with E-state index in [2.05, 4.69) is 6.07 Å². The van der Waals surface area contributed by atoms with Gasteiger partial charge in [0.05, 0.1) is 29.0 Å². The maximum absolute atomic E-state index is 12.6. The van der Waals surface area contributed by atoms with Crippen LogP contribution >= 0.6 is 11.8 Å². The molecule has 4 atom stereocenters. The van der Waals surface area contributed by atoms with Crippen LogP contribution in [0.4, 0.5) is 0 Å². The SMILES string of the molecule is CC1(C)S[C@H]2C(C(O)c3ccc(C(=O)OCc4ccccc4)cc3)C(=O)N2[C@H]1C#N. The highest BCUT2D eigenvalue weighted by Crippen LogP contribution is 2.55. The molecule has 2 saturated heterocycles. The number of rotatable bonds is 5. The van der Waals surface area contributed by atoms with Gasteiger partial charge in [-0.3, -0.25) is 4.79 Å². The lowest BCUT2D eigenvalue weighted by atomic mass is 9.85. The maximum atomic E-state index is 12.6. The Labute approximate surface area is 179 Å². The summed E-state index contributed by atoms with van der Waals surface area (Å²) in [6.07, 6.45) is -0.992. The third kappa shape index (κ3) is 3.47. The number of hydrogen-bond donors (Lipinski definition) is 1. The number of aliphatic hydroxyl groups excluding tert-OH is 1. The van der Waals surface area contributed by atoms with Crippen LogP contribution in [-0.2, 0) is 16.1 Å². The Morgan fingerprint density at radius 1 is 1.23 bits per heavy atom. The maximum Gasteiger partial charge on any atom is 0.338 e. The van der Waals surface area contributed by atoms with E-state index >= 15 is 0 Å². The van der Waals surface area contributed by atoms with Crippen molar-refractivity contribution in [3.8, 4) is 6.07 Å². The Hall–Kier alpha value is -2.82. The summed E-state index contributed by atoms with van der Waals surface area (Å²) >= 11 is 1.55. The molecule has 2 aromatic rings. The van der Waals surface area contributed by atoms with Crippen molar-refractivity contribution in [2.24, 2.45) is 5.92 Å². The smallest absolute Gasteiger partial charge is 0.338 e. The first-order chi connectivity index (χ1) is 14.3. The number of carbonyl (C=O) groups is 2. The number of β-lactam (4-membered cyclic amide) rings is 1. The standard InChI is InChI=1S/C23H22N2O4S/c1-23(2)17(12-24)25-20(27)18(21(25)30-23)19(26)15-8-10-16(11-9-15)22(28)29-13-14-6-4-3-5-7-14/h3-11,17-19,21,26H,13H2,1-2H3/t17-,18?,19?,21-/m0/s1. The van der Waals surface area contributed by atoms with Crippen molar-refractivity contribution < 1.29 is 19.4 Å². The summed E-state index contributed by atoms with van der Waals surface area (Å²) in [6, 6.07) is 17.6. The summed E-state index contributed by atoms with van der Waals surface area (Å²) < 4.78 is 4.94. The van der Waals surface area contributed by atoms with Crippen molar-refractivity contribution in [3.63, 3.8) is 0 Å². The van der Waals surface area contributed by atoms with Gasteiger partial charge in [-0.25, -0.2) is 4.79 Å². The molecule has 2 unspecified atom stereocenters. The Kier molecular flexibility index (Phi) is 5.31. The predicted octanol–water partition coefficient (Wildman–Crippen LogP) is 3.28. The summed E-state index contributed by atoms with van der Waals surface area (Å²) in [7, 11) is 0. The Bertz CT molecular complexity index is 1000. The molecule has 1 N–H and O–H groups in total. The van der Waals surface area contributed by atoms with E-state index in [0.29, 0.717) is 11.1 Å². The van der Waals surface area contributed by atoms with Crippen molar-refractivity contribution in [2.45, 2.75) is 42.7 Å². The first kappa shape index (κ1) is 20.5. The van der Waals surface area contributed by atoms with E-state index in [-0.39, 0.29) is 22.6 Å². The molecule has 0 aliphatic carbocycles. The number of ether oxygens (including phenoxy) is 1. The lowest BCUT2D eigenvalue weighted by Crippen LogP contribution is -2.61. The molecule has 2 aliphatic heterocycles. The zero-order valence-corrected chi connectivity index (χ0v) is 17.5. The summed E-state index contributed by atoms with van der Waals surface area (Å²) in [5.41, 5.74) is 1.84. The van der Waals surface area contributed by atoms with E-state index in [9.17, 15) is 20.0 Å². The quantitative estimate of drug-likeness (QED) is 0.587. The van der Waals surface area contributed by atoms with Gasteiger partial charge in [-0.15, -0.1) is 11.8 Å². The molecule has 30 heavy (non-hydrogen) atoms. The number of fused-ring (bicyclic) bond motifs is 1. The van der Waals surface area contributed by atoms with E-state index in [1.165, 1.54) is 0 Å². The number of carbonyl (C=O) groups excluding carboxylic acids is 2. The van der Waals surface area contributed by atoms with Gasteiger partial charge >= 0.3 is 5.97 Å². The van der Waals surface area contributed by atoms with E-state index in [0.717, 1.165) is 5.56 Å². The number of nitrogens with zero attached hydrogens (tertiary/aromatic N) is 2. The summed E-state index contributed by atoms with van der Waals surface area (Å²) in [5, 5.41) is 20.0. The minimum absolute atomic E-state index is 0.186. The number of hydrogen-bond acceptors (Lipinski definition) is 6. The molecule has 0 spiro atoms. The second kappa shape index (κ2) is 7.78. The molecule has 7 heteroatoms. The van der Waals surface area contributed by atoms with Crippen LogP contribution in [0.2, 0.25) is 0 Å². The second-order valence-corrected chi connectivity index (χ2v) is 9.81. The normalized spacial score (nSPS) is 25.1. The third-order valence-corrected chi connectivity index (χ3v) is 7.24. The number of thioether (sulfide) groups is 1. The zero-order valence-electron chi connectivity index (χ0n) is 16.7. The molecule has 154 valence electrons. The molecule has 4 rings (SSSR count). The summed E-state index contributed by atoms with van der Waals surface area (Å²) in [5.74, 6) is -1.25. The molecule has 0 bridgehead atoms. The van der Waals surface area contributed by atoms with Crippen molar-refractivity contribution >= 4 is 23.6 Å². The van der Waals surface area contributed by atoms with Gasteiger partial charge in [-0.1, -0.05) is 42.5 Å². The summed E-state index contributed by atoms with van der Waals surface area (Å²) in [4.78, 5) is 26.5. The van der Waals surface area contributed by atoms with Crippen LogP contribution in [0.5, 0.6) is 0 Å². The number of esters is 1. The molecule has 2 aromatic carbocycles. The molecule has 6 nitrogen and oxygen atoms in total. The van der Waals surface area contributed by atoms with Gasteiger partial charge in [-0.2, -0.15) is 5.26 Å². The molecule has 0 radical (unpaired) electrons. The van der Waals surface area contributed by atoms with Crippen LogP contribution in [0.15, 0.2) is 54.6 Å². The molecule has 2 aliphatic rings. The van der Waals surface area contributed by atoms with Crippen LogP contribution in [0.1, 0.15) is 41.4 Å². The average molecular weight is 423 g/mol. The van der Waals surface area contributed by atoms with E-state index in [4.69, 9.17) is 4.74 Å². The van der Waals surface area contributed by atoms with E-state index in [1.54, 1.807) is 40.9 Å². The minimum Gasteiger partial charge on any atom is -0.457 e. The topological polar surface area (TPSA) is 90.6 Å². The van der Waals surface area contributed by atoms with Crippen LogP contribution < -0.4 is 0 Å². The predicted molar refractivity (Wildman–Crippen MR) is 112 cm³/mol. The van der Waals surface area contributed by atoms with Crippen molar-refractivity contribution in [1.29, 1.82) is 5.26 Å². The molecule has 2 heterocycles. The zero-order chi connectivity index (χ0) is 21.5. The van der Waals surface area contributed by atoms with Crippen LogP contribution in [-0.4, -0.2) is 38.0 Å². The number of aliphatic hydroxyl groups is 1. The van der Waals surface area contributed by atoms with Gasteiger partial charge in [0.25, 0.3) is 0 Å². The lowest BCUT2D eigenvalue weighted by Gasteiger charge is -2.45. The lowest BCUT2D eigenvalue weighted by molar-refractivity contribution is -0.159. The second-order valence-electron chi connectivity index (χ2n) is 8.04. The van der Waals surface area contributed by atoms with Gasteiger partial charge in [0.2, 0.25) is 5.91 Å². The highest BCUT2D eigenvalue weighted by atomic mass is 32.2. The van der Waals surface area contributed by atoms with Gasteiger partial charge in [0.15, 0.2) is 0 Å². The van der Waals surface area contributed by atoms with Crippen LogP contribution in [0, 0.1) is 17.2 Å². The van der Waals surface area contributed by atoms with Crippen molar-refractivity contribution in [2.75, 3.05) is 0 Å². The average Bonchev–Trinajstić information content (AvgIpc) is 2.99. The van der Waals surface area contributed by atoms with Crippen molar-refractivity contribution in [3.05, 3.63) is 71.3 Å². The first-order valence-corrected chi connectivity index (χ1v) is 10.6. The van der Waals surface area contributed by atoms with Crippen LogP contribution in [0.25, 0.3) is 0 Å². The van der Waals surface area contributed by atoms with E-state index in [1.807, 2.05) is 44.2 Å². The third-order valence-electron chi connectivity index (χ3n) is 5.65. The molecular formula is C23H22N2O4S. The van der Waals surface area contributed by atoms with Gasteiger partial charge in [0, 0.05) is 4.75 Å². The molecule has 0 aromatic heterocycles. The fourth-order valence-corrected chi connectivity index (χ4v) is 5.63. The van der Waals surface area contributed by atoms with E-state index < -0.39 is 24.0 Å². The Balaban J connectivity index is 1.41. The van der Waals surface area contributed by atoms with Crippen molar-refractivity contribution in [1.82, 2.24) is 4.90 Å². The Morgan fingerprint density at radius 3 is 2.53 bits per heavy atom. The van der Waals surface area contributed by atoms with Gasteiger partial charge < -0.3 is 14.7 Å². The molecule has 2 fully saturated rings.